The van der Waals surface area contributed by atoms with Crippen LogP contribution in [-0.2, 0) is 23.2 Å². The number of amides is 1. The van der Waals surface area contributed by atoms with E-state index in [4.69, 9.17) is 14.2 Å². The van der Waals surface area contributed by atoms with Gasteiger partial charge in [-0.1, -0.05) is 26.0 Å². The lowest BCUT2D eigenvalue weighted by Gasteiger charge is -2.40. The van der Waals surface area contributed by atoms with E-state index < -0.39 is 0 Å². The third-order valence-electron chi connectivity index (χ3n) is 5.15. The summed E-state index contributed by atoms with van der Waals surface area (Å²) in [6.07, 6.45) is 0.378. The van der Waals surface area contributed by atoms with E-state index in [0.717, 1.165) is 22.6 Å². The van der Waals surface area contributed by atoms with Gasteiger partial charge in [-0.3, -0.25) is 4.79 Å². The van der Waals surface area contributed by atoms with Crippen LogP contribution in [0, 0.1) is 0 Å². The zero-order chi connectivity index (χ0) is 19.6. The van der Waals surface area contributed by atoms with E-state index in [0.29, 0.717) is 25.3 Å². The van der Waals surface area contributed by atoms with E-state index >= 15 is 0 Å². The molecule has 0 aliphatic carbocycles. The molecule has 0 unspecified atom stereocenters. The maximum Gasteiger partial charge on any atom is 0.227 e. The third-order valence-corrected chi connectivity index (χ3v) is 5.15. The van der Waals surface area contributed by atoms with Gasteiger partial charge in [0.25, 0.3) is 0 Å². The fraction of sp³-hybridized carbons (Fsp3) is 0.409. The zero-order valence-corrected chi connectivity index (χ0v) is 16.7. The van der Waals surface area contributed by atoms with Crippen LogP contribution in [0.1, 0.15) is 30.5 Å². The molecule has 0 atom stereocenters. The summed E-state index contributed by atoms with van der Waals surface area (Å²) >= 11 is 0. The summed E-state index contributed by atoms with van der Waals surface area (Å²) in [5.74, 6) is 2.33. The van der Waals surface area contributed by atoms with E-state index in [1.165, 1.54) is 5.56 Å². The quantitative estimate of drug-likeness (QED) is 0.808. The monoisotopic (exact) mass is 369 g/mol. The van der Waals surface area contributed by atoms with Crippen LogP contribution < -0.4 is 14.2 Å². The Bertz CT molecular complexity index is 827. The number of nitrogens with zero attached hydrogens (tertiary/aromatic N) is 1. The number of fused-ring (bicyclic) bond motifs is 1. The molecule has 3 rings (SSSR count). The highest BCUT2D eigenvalue weighted by atomic mass is 16.5. The molecule has 1 aliphatic rings. The lowest BCUT2D eigenvalue weighted by Crippen LogP contribution is -2.45. The first-order chi connectivity index (χ1) is 12.9. The number of carbonyl (C=O) groups excluding carboxylic acids is 1. The molecule has 0 saturated carbocycles. The Labute approximate surface area is 160 Å². The first-order valence-corrected chi connectivity index (χ1v) is 9.04. The first-order valence-electron chi connectivity index (χ1n) is 9.04. The SMILES string of the molecule is COc1ccc(CC(=O)N2Cc3cc(OC)c(OC)cc3C(C)(C)C2)cc1. The molecular formula is C22H27NO4. The Kier molecular flexibility index (Phi) is 5.31. The van der Waals surface area contributed by atoms with Crippen LogP contribution in [-0.4, -0.2) is 38.7 Å². The minimum absolute atomic E-state index is 0.119. The Hall–Kier alpha value is -2.69. The van der Waals surface area contributed by atoms with Gasteiger partial charge in [0.1, 0.15) is 5.75 Å². The second kappa shape index (κ2) is 7.51. The maximum atomic E-state index is 12.9. The van der Waals surface area contributed by atoms with Gasteiger partial charge in [0.2, 0.25) is 5.91 Å². The predicted molar refractivity (Wildman–Crippen MR) is 105 cm³/mol. The summed E-state index contributed by atoms with van der Waals surface area (Å²) < 4.78 is 16.1. The van der Waals surface area contributed by atoms with Crippen molar-refractivity contribution in [3.63, 3.8) is 0 Å². The molecule has 1 amide bonds. The van der Waals surface area contributed by atoms with Crippen LogP contribution in [0.15, 0.2) is 36.4 Å². The van der Waals surface area contributed by atoms with Gasteiger partial charge in [-0.2, -0.15) is 0 Å². The molecule has 0 aromatic heterocycles. The molecule has 5 heteroatoms. The molecule has 5 nitrogen and oxygen atoms in total. The molecule has 27 heavy (non-hydrogen) atoms. The summed E-state index contributed by atoms with van der Waals surface area (Å²) in [6, 6.07) is 11.7. The van der Waals surface area contributed by atoms with Crippen molar-refractivity contribution < 1.29 is 19.0 Å². The molecule has 0 N–H and O–H groups in total. The van der Waals surface area contributed by atoms with Gasteiger partial charge >= 0.3 is 0 Å². The number of benzene rings is 2. The number of hydrogen-bond donors (Lipinski definition) is 0. The molecule has 0 radical (unpaired) electrons. The van der Waals surface area contributed by atoms with Crippen molar-refractivity contribution in [1.29, 1.82) is 0 Å². The fourth-order valence-electron chi connectivity index (χ4n) is 3.71. The van der Waals surface area contributed by atoms with E-state index in [2.05, 4.69) is 13.8 Å². The molecule has 1 aliphatic heterocycles. The van der Waals surface area contributed by atoms with Crippen molar-refractivity contribution in [2.24, 2.45) is 0 Å². The van der Waals surface area contributed by atoms with E-state index in [1.807, 2.05) is 41.3 Å². The summed E-state index contributed by atoms with van der Waals surface area (Å²) in [7, 11) is 4.91. The summed E-state index contributed by atoms with van der Waals surface area (Å²) in [6.45, 7) is 5.56. The van der Waals surface area contributed by atoms with Crippen molar-refractivity contribution in [1.82, 2.24) is 4.90 Å². The molecule has 0 spiro atoms. The highest BCUT2D eigenvalue weighted by molar-refractivity contribution is 5.79. The molecular weight excluding hydrogens is 342 g/mol. The Morgan fingerprint density at radius 3 is 2.22 bits per heavy atom. The van der Waals surface area contributed by atoms with Gasteiger partial charge in [-0.25, -0.2) is 0 Å². The number of hydrogen-bond acceptors (Lipinski definition) is 4. The average Bonchev–Trinajstić information content (AvgIpc) is 2.67. The normalized spacial score (nSPS) is 15.1. The van der Waals surface area contributed by atoms with Crippen LogP contribution in [0.2, 0.25) is 0 Å². The molecule has 0 saturated heterocycles. The highest BCUT2D eigenvalue weighted by Crippen LogP contribution is 2.40. The summed E-state index contributed by atoms with van der Waals surface area (Å²) in [5.41, 5.74) is 3.13. The molecule has 0 fully saturated rings. The van der Waals surface area contributed by atoms with Crippen molar-refractivity contribution in [2.45, 2.75) is 32.2 Å². The van der Waals surface area contributed by atoms with Crippen LogP contribution in [0.25, 0.3) is 0 Å². The lowest BCUT2D eigenvalue weighted by atomic mass is 9.78. The smallest absolute Gasteiger partial charge is 0.227 e. The third kappa shape index (κ3) is 3.87. The number of ether oxygens (including phenoxy) is 3. The van der Waals surface area contributed by atoms with Crippen LogP contribution in [0.3, 0.4) is 0 Å². The second-order valence-corrected chi connectivity index (χ2v) is 7.52. The van der Waals surface area contributed by atoms with Crippen molar-refractivity contribution in [2.75, 3.05) is 27.9 Å². The minimum atomic E-state index is -0.164. The van der Waals surface area contributed by atoms with Crippen LogP contribution >= 0.6 is 0 Å². The van der Waals surface area contributed by atoms with E-state index in [1.54, 1.807) is 21.3 Å². The van der Waals surface area contributed by atoms with E-state index in [9.17, 15) is 4.79 Å². The average molecular weight is 369 g/mol. The fourth-order valence-corrected chi connectivity index (χ4v) is 3.71. The molecule has 2 aromatic rings. The Morgan fingerprint density at radius 2 is 1.63 bits per heavy atom. The van der Waals surface area contributed by atoms with Crippen molar-refractivity contribution in [3.05, 3.63) is 53.1 Å². The van der Waals surface area contributed by atoms with Gasteiger partial charge in [-0.15, -0.1) is 0 Å². The molecule has 144 valence electrons. The zero-order valence-electron chi connectivity index (χ0n) is 16.7. The van der Waals surface area contributed by atoms with Gasteiger partial charge in [0.15, 0.2) is 11.5 Å². The van der Waals surface area contributed by atoms with Gasteiger partial charge in [-0.05, 0) is 41.0 Å². The molecule has 0 bridgehead atoms. The van der Waals surface area contributed by atoms with E-state index in [-0.39, 0.29) is 11.3 Å². The topological polar surface area (TPSA) is 48.0 Å². The van der Waals surface area contributed by atoms with Gasteiger partial charge in [0, 0.05) is 18.5 Å². The minimum Gasteiger partial charge on any atom is -0.497 e. The second-order valence-electron chi connectivity index (χ2n) is 7.52. The van der Waals surface area contributed by atoms with Gasteiger partial charge in [0.05, 0.1) is 27.8 Å². The number of rotatable bonds is 5. The van der Waals surface area contributed by atoms with Gasteiger partial charge < -0.3 is 19.1 Å². The number of carbonyl (C=O) groups is 1. The molecule has 1 heterocycles. The Morgan fingerprint density at radius 1 is 1.00 bits per heavy atom. The first kappa shape index (κ1) is 19.1. The predicted octanol–water partition coefficient (Wildman–Crippen LogP) is 3.57. The van der Waals surface area contributed by atoms with Crippen molar-refractivity contribution in [3.8, 4) is 17.2 Å². The summed E-state index contributed by atoms with van der Waals surface area (Å²) in [5, 5.41) is 0. The largest absolute Gasteiger partial charge is 0.497 e. The standard InChI is InChI=1S/C22H27NO4/c1-22(2)14-23(21(24)10-15-6-8-17(25-3)9-7-15)13-16-11-19(26-4)20(27-5)12-18(16)22/h6-9,11-12H,10,13-14H2,1-5H3. The molecule has 2 aromatic carbocycles. The highest BCUT2D eigenvalue weighted by Gasteiger charge is 2.35. The lowest BCUT2D eigenvalue weighted by molar-refractivity contribution is -0.132. The summed E-state index contributed by atoms with van der Waals surface area (Å²) in [4.78, 5) is 14.9. The van der Waals surface area contributed by atoms with Crippen LogP contribution in [0.4, 0.5) is 0 Å². The maximum absolute atomic E-state index is 12.9. The van der Waals surface area contributed by atoms with Crippen LogP contribution in [0.5, 0.6) is 17.2 Å². The Balaban J connectivity index is 1.83. The van der Waals surface area contributed by atoms with Crippen molar-refractivity contribution >= 4 is 5.91 Å². The number of methoxy groups -OCH3 is 3.